The van der Waals surface area contributed by atoms with Crippen LogP contribution in [0.2, 0.25) is 0 Å². The standard InChI is InChI=1S/C14H18F3N3O3/c1-3-9(2)13(21)19-7-6-18-11-5-4-10(14(15,16)17)8-12(11)20(22)23/h4-5,8-9,18H,3,6-7H2,1-2H3,(H,19,21). The lowest BCUT2D eigenvalue weighted by atomic mass is 10.1. The molecule has 0 aliphatic rings. The van der Waals surface area contributed by atoms with E-state index in [2.05, 4.69) is 10.6 Å². The van der Waals surface area contributed by atoms with Gasteiger partial charge >= 0.3 is 6.18 Å². The third-order valence-corrected chi connectivity index (χ3v) is 3.32. The van der Waals surface area contributed by atoms with Crippen molar-refractivity contribution in [3.63, 3.8) is 0 Å². The molecule has 1 unspecified atom stereocenters. The number of benzene rings is 1. The largest absolute Gasteiger partial charge is 0.416 e. The van der Waals surface area contributed by atoms with Crippen molar-refractivity contribution in [3.05, 3.63) is 33.9 Å². The summed E-state index contributed by atoms with van der Waals surface area (Å²) in [4.78, 5) is 21.6. The summed E-state index contributed by atoms with van der Waals surface area (Å²) in [5, 5.41) is 16.2. The molecule has 1 aromatic carbocycles. The summed E-state index contributed by atoms with van der Waals surface area (Å²) in [7, 11) is 0. The molecule has 23 heavy (non-hydrogen) atoms. The minimum atomic E-state index is -4.65. The summed E-state index contributed by atoms with van der Waals surface area (Å²) in [5.74, 6) is -0.286. The number of carbonyl (C=O) groups is 1. The Morgan fingerprint density at radius 2 is 2.00 bits per heavy atom. The summed E-state index contributed by atoms with van der Waals surface area (Å²) >= 11 is 0. The summed E-state index contributed by atoms with van der Waals surface area (Å²) < 4.78 is 37.7. The predicted octanol–water partition coefficient (Wildman–Crippen LogP) is 3.19. The normalized spacial score (nSPS) is 12.6. The highest BCUT2D eigenvalue weighted by molar-refractivity contribution is 5.78. The lowest BCUT2D eigenvalue weighted by Crippen LogP contribution is -2.32. The average molecular weight is 333 g/mol. The number of halogens is 3. The van der Waals surface area contributed by atoms with Gasteiger partial charge in [0.15, 0.2) is 0 Å². The molecular weight excluding hydrogens is 315 g/mol. The van der Waals surface area contributed by atoms with Gasteiger partial charge in [-0.05, 0) is 18.6 Å². The van der Waals surface area contributed by atoms with Crippen LogP contribution in [0, 0.1) is 16.0 Å². The lowest BCUT2D eigenvalue weighted by Gasteiger charge is -2.12. The SMILES string of the molecule is CCC(C)C(=O)NCCNc1ccc(C(F)(F)F)cc1[N+](=O)[O-]. The zero-order chi connectivity index (χ0) is 17.6. The Labute approximate surface area is 131 Å². The third kappa shape index (κ3) is 5.42. The molecule has 2 N–H and O–H groups in total. The maximum absolute atomic E-state index is 12.6. The van der Waals surface area contributed by atoms with Crippen LogP contribution in [0.1, 0.15) is 25.8 Å². The van der Waals surface area contributed by atoms with Crippen LogP contribution in [-0.2, 0) is 11.0 Å². The number of hydrogen-bond donors (Lipinski definition) is 2. The Morgan fingerprint density at radius 1 is 1.35 bits per heavy atom. The Bertz CT molecular complexity index is 576. The molecule has 9 heteroatoms. The molecule has 1 atom stereocenters. The average Bonchev–Trinajstić information content (AvgIpc) is 2.49. The number of nitro groups is 1. The van der Waals surface area contributed by atoms with Gasteiger partial charge in [0.05, 0.1) is 10.5 Å². The highest BCUT2D eigenvalue weighted by Gasteiger charge is 2.32. The molecule has 1 rings (SSSR count). The van der Waals surface area contributed by atoms with Crippen molar-refractivity contribution in [3.8, 4) is 0 Å². The first kappa shape index (κ1) is 18.7. The van der Waals surface area contributed by atoms with Crippen LogP contribution in [0.3, 0.4) is 0 Å². The highest BCUT2D eigenvalue weighted by Crippen LogP contribution is 2.34. The monoisotopic (exact) mass is 333 g/mol. The quantitative estimate of drug-likeness (QED) is 0.456. The number of nitrogens with zero attached hydrogens (tertiary/aromatic N) is 1. The Balaban J connectivity index is 2.70. The number of nitrogens with one attached hydrogen (secondary N) is 2. The van der Waals surface area contributed by atoms with Gasteiger partial charge in [0.25, 0.3) is 5.69 Å². The fourth-order valence-corrected chi connectivity index (χ4v) is 1.75. The molecule has 0 aliphatic heterocycles. The molecule has 0 heterocycles. The van der Waals surface area contributed by atoms with E-state index in [9.17, 15) is 28.1 Å². The second kappa shape index (κ2) is 7.80. The van der Waals surface area contributed by atoms with Gasteiger partial charge in [-0.2, -0.15) is 13.2 Å². The number of amides is 1. The number of alkyl halides is 3. The Kier molecular flexibility index (Phi) is 6.35. The molecule has 0 spiro atoms. The number of rotatable bonds is 7. The van der Waals surface area contributed by atoms with E-state index < -0.39 is 22.4 Å². The van der Waals surface area contributed by atoms with Crippen molar-refractivity contribution in [2.24, 2.45) is 5.92 Å². The van der Waals surface area contributed by atoms with Crippen LogP contribution in [0.25, 0.3) is 0 Å². The summed E-state index contributed by atoms with van der Waals surface area (Å²) in [6.07, 6.45) is -3.96. The van der Waals surface area contributed by atoms with Crippen molar-refractivity contribution >= 4 is 17.3 Å². The van der Waals surface area contributed by atoms with Gasteiger partial charge in [-0.3, -0.25) is 14.9 Å². The van der Waals surface area contributed by atoms with Gasteiger partial charge in [-0.1, -0.05) is 13.8 Å². The summed E-state index contributed by atoms with van der Waals surface area (Å²) in [5.41, 5.74) is -1.77. The van der Waals surface area contributed by atoms with E-state index in [4.69, 9.17) is 0 Å². The lowest BCUT2D eigenvalue weighted by molar-refractivity contribution is -0.384. The van der Waals surface area contributed by atoms with E-state index in [-0.39, 0.29) is 30.6 Å². The van der Waals surface area contributed by atoms with Gasteiger partial charge < -0.3 is 10.6 Å². The smallest absolute Gasteiger partial charge is 0.378 e. The molecule has 0 aliphatic carbocycles. The summed E-state index contributed by atoms with van der Waals surface area (Å²) in [6.45, 7) is 4.01. The topological polar surface area (TPSA) is 84.3 Å². The van der Waals surface area contributed by atoms with Gasteiger partial charge in [0.1, 0.15) is 5.69 Å². The highest BCUT2D eigenvalue weighted by atomic mass is 19.4. The third-order valence-electron chi connectivity index (χ3n) is 3.32. The van der Waals surface area contributed by atoms with E-state index in [1.165, 1.54) is 0 Å². The molecule has 128 valence electrons. The van der Waals surface area contributed by atoms with Crippen molar-refractivity contribution in [1.29, 1.82) is 0 Å². The minimum absolute atomic E-state index is 0.0270. The number of hydrogen-bond acceptors (Lipinski definition) is 4. The van der Waals surface area contributed by atoms with E-state index in [0.29, 0.717) is 12.5 Å². The zero-order valence-corrected chi connectivity index (χ0v) is 12.7. The van der Waals surface area contributed by atoms with E-state index >= 15 is 0 Å². The van der Waals surface area contributed by atoms with Crippen LogP contribution in [0.4, 0.5) is 24.5 Å². The van der Waals surface area contributed by atoms with Crippen molar-refractivity contribution in [2.45, 2.75) is 26.4 Å². The van der Waals surface area contributed by atoms with Gasteiger partial charge in [0, 0.05) is 25.1 Å². The molecule has 0 saturated heterocycles. The first-order valence-electron chi connectivity index (χ1n) is 7.04. The minimum Gasteiger partial charge on any atom is -0.378 e. The van der Waals surface area contributed by atoms with Crippen molar-refractivity contribution < 1.29 is 22.9 Å². The molecule has 0 radical (unpaired) electrons. The zero-order valence-electron chi connectivity index (χ0n) is 12.7. The van der Waals surface area contributed by atoms with Gasteiger partial charge in [-0.15, -0.1) is 0 Å². The maximum atomic E-state index is 12.6. The fraction of sp³-hybridized carbons (Fsp3) is 0.500. The molecular formula is C14H18F3N3O3. The molecule has 0 saturated carbocycles. The Hall–Kier alpha value is -2.32. The number of anilines is 1. The second-order valence-electron chi connectivity index (χ2n) is 5.01. The molecule has 6 nitrogen and oxygen atoms in total. The van der Waals surface area contributed by atoms with Crippen molar-refractivity contribution in [1.82, 2.24) is 5.32 Å². The van der Waals surface area contributed by atoms with Crippen molar-refractivity contribution in [2.75, 3.05) is 18.4 Å². The van der Waals surface area contributed by atoms with Crippen LogP contribution < -0.4 is 10.6 Å². The fourth-order valence-electron chi connectivity index (χ4n) is 1.75. The van der Waals surface area contributed by atoms with E-state index in [1.807, 2.05) is 6.92 Å². The number of nitro benzene ring substituents is 1. The van der Waals surface area contributed by atoms with Gasteiger partial charge in [-0.25, -0.2) is 0 Å². The van der Waals surface area contributed by atoms with E-state index in [1.54, 1.807) is 6.92 Å². The van der Waals surface area contributed by atoms with Crippen LogP contribution in [0.5, 0.6) is 0 Å². The first-order valence-corrected chi connectivity index (χ1v) is 7.04. The summed E-state index contributed by atoms with van der Waals surface area (Å²) in [6, 6.07) is 2.27. The van der Waals surface area contributed by atoms with Crippen LogP contribution in [-0.4, -0.2) is 23.9 Å². The maximum Gasteiger partial charge on any atom is 0.416 e. The Morgan fingerprint density at radius 3 is 2.52 bits per heavy atom. The number of carbonyl (C=O) groups excluding carboxylic acids is 1. The molecule has 0 fully saturated rings. The predicted molar refractivity (Wildman–Crippen MR) is 79.1 cm³/mol. The van der Waals surface area contributed by atoms with E-state index in [0.717, 1.165) is 12.1 Å². The van der Waals surface area contributed by atoms with Crippen LogP contribution >= 0.6 is 0 Å². The van der Waals surface area contributed by atoms with Crippen LogP contribution in [0.15, 0.2) is 18.2 Å². The molecule has 0 bridgehead atoms. The molecule has 1 aromatic rings. The first-order chi connectivity index (χ1) is 10.7. The van der Waals surface area contributed by atoms with Gasteiger partial charge in [0.2, 0.25) is 5.91 Å². The molecule has 1 amide bonds. The molecule has 0 aromatic heterocycles. The second-order valence-corrected chi connectivity index (χ2v) is 5.01.